The highest BCUT2D eigenvalue weighted by Gasteiger charge is 2.44. The molecule has 3 heterocycles. The van der Waals surface area contributed by atoms with Crippen LogP contribution in [0.3, 0.4) is 0 Å². The molecule has 2 N–H and O–H groups in total. The van der Waals surface area contributed by atoms with Crippen LogP contribution in [0, 0.1) is 6.92 Å². The number of anilines is 1. The van der Waals surface area contributed by atoms with E-state index in [1.165, 1.54) is 16.9 Å². The molecule has 0 radical (unpaired) electrons. The number of rotatable bonds is 1. The quantitative estimate of drug-likeness (QED) is 0.702. The van der Waals surface area contributed by atoms with E-state index in [2.05, 4.69) is 9.97 Å². The lowest BCUT2D eigenvalue weighted by Crippen LogP contribution is -2.48. The van der Waals surface area contributed by atoms with E-state index >= 15 is 0 Å². The second-order valence-electron chi connectivity index (χ2n) is 7.61. The highest BCUT2D eigenvalue weighted by atomic mass is 32.1. The van der Waals surface area contributed by atoms with Gasteiger partial charge in [-0.2, -0.15) is 0 Å². The van der Waals surface area contributed by atoms with Gasteiger partial charge in [0.2, 0.25) is 0 Å². The molecule has 5 rings (SSSR count). The van der Waals surface area contributed by atoms with Gasteiger partial charge in [-0.25, -0.2) is 15.0 Å². The molecule has 1 fully saturated rings. The molecule has 7 heteroatoms. The zero-order valence-corrected chi connectivity index (χ0v) is 16.1. The average molecular weight is 379 g/mol. The molecule has 1 amide bonds. The van der Waals surface area contributed by atoms with Crippen molar-refractivity contribution in [1.29, 1.82) is 0 Å². The lowest BCUT2D eigenvalue weighted by molar-refractivity contribution is 0.0635. The third kappa shape index (κ3) is 2.60. The molecule has 1 saturated heterocycles. The van der Waals surface area contributed by atoms with E-state index < -0.39 is 0 Å². The van der Waals surface area contributed by atoms with Gasteiger partial charge in [0.15, 0.2) is 5.13 Å². The largest absolute Gasteiger partial charge is 0.375 e. The molecule has 1 spiro atoms. The molecular weight excluding hydrogens is 358 g/mol. The number of hydrogen-bond acceptors (Lipinski definition) is 6. The summed E-state index contributed by atoms with van der Waals surface area (Å²) in [6.45, 7) is 3.44. The summed E-state index contributed by atoms with van der Waals surface area (Å²) in [7, 11) is 0. The molecule has 0 saturated carbocycles. The van der Waals surface area contributed by atoms with Crippen molar-refractivity contribution in [3.05, 3.63) is 47.0 Å². The lowest BCUT2D eigenvalue weighted by atomic mass is 9.77. The van der Waals surface area contributed by atoms with Gasteiger partial charge in [0, 0.05) is 24.7 Å². The van der Waals surface area contributed by atoms with E-state index in [-0.39, 0.29) is 11.3 Å². The van der Waals surface area contributed by atoms with Crippen molar-refractivity contribution in [3.8, 4) is 0 Å². The third-order valence-corrected chi connectivity index (χ3v) is 6.82. The number of nitrogens with zero attached hydrogens (tertiary/aromatic N) is 4. The minimum Gasteiger partial charge on any atom is -0.375 e. The van der Waals surface area contributed by atoms with Gasteiger partial charge in [-0.1, -0.05) is 17.4 Å². The summed E-state index contributed by atoms with van der Waals surface area (Å²) in [6, 6.07) is 5.68. The first-order chi connectivity index (χ1) is 13.1. The second kappa shape index (κ2) is 5.99. The summed E-state index contributed by atoms with van der Waals surface area (Å²) in [4.78, 5) is 28.8. The predicted molar refractivity (Wildman–Crippen MR) is 106 cm³/mol. The second-order valence-corrected chi connectivity index (χ2v) is 8.64. The van der Waals surface area contributed by atoms with Crippen LogP contribution in [0.1, 0.15) is 46.7 Å². The third-order valence-electron chi connectivity index (χ3n) is 5.89. The fourth-order valence-corrected chi connectivity index (χ4v) is 5.47. The van der Waals surface area contributed by atoms with Crippen molar-refractivity contribution in [2.45, 2.75) is 38.0 Å². The van der Waals surface area contributed by atoms with Crippen LogP contribution in [-0.2, 0) is 11.8 Å². The first-order valence-electron chi connectivity index (χ1n) is 9.33. The summed E-state index contributed by atoms with van der Waals surface area (Å²) in [5.74, 6) is 0.880. The number of nitrogens with two attached hydrogens (primary N) is 1. The fourth-order valence-electron chi connectivity index (χ4n) is 4.64. The standard InChI is InChI=1S/C20H21N5OS/c1-12-22-10-13-6-8-20(17(13)23-12)7-3-9-25(11-20)18(26)14-4-2-5-15-16(14)27-19(21)24-15/h2,4-5,10H,3,6-9,11H2,1H3,(H2,21,24). The topological polar surface area (TPSA) is 85.0 Å². The van der Waals surface area contributed by atoms with Crippen molar-refractivity contribution >= 4 is 32.6 Å². The highest BCUT2D eigenvalue weighted by Crippen LogP contribution is 2.44. The Morgan fingerprint density at radius 1 is 1.30 bits per heavy atom. The van der Waals surface area contributed by atoms with Crippen molar-refractivity contribution in [3.63, 3.8) is 0 Å². The van der Waals surface area contributed by atoms with E-state index in [1.807, 2.05) is 36.2 Å². The van der Waals surface area contributed by atoms with Crippen LogP contribution in [-0.4, -0.2) is 38.8 Å². The Bertz CT molecular complexity index is 1060. The van der Waals surface area contributed by atoms with Crippen LogP contribution < -0.4 is 5.73 Å². The number of aromatic nitrogens is 3. The minimum atomic E-state index is -0.0302. The molecule has 1 unspecified atom stereocenters. The molecule has 1 aliphatic heterocycles. The number of aryl methyl sites for hydroxylation is 2. The van der Waals surface area contributed by atoms with Crippen LogP contribution in [0.2, 0.25) is 0 Å². The number of carbonyl (C=O) groups is 1. The molecule has 2 aromatic heterocycles. The maximum absolute atomic E-state index is 13.4. The number of nitrogen functional groups attached to an aromatic ring is 1. The van der Waals surface area contributed by atoms with Gasteiger partial charge in [0.05, 0.1) is 21.5 Å². The van der Waals surface area contributed by atoms with Crippen LogP contribution in [0.15, 0.2) is 24.4 Å². The van der Waals surface area contributed by atoms with E-state index in [9.17, 15) is 4.79 Å². The molecule has 2 aliphatic rings. The summed E-state index contributed by atoms with van der Waals surface area (Å²) in [5, 5.41) is 0.497. The Balaban J connectivity index is 1.50. The minimum absolute atomic E-state index is 0.0302. The first-order valence-corrected chi connectivity index (χ1v) is 10.1. The van der Waals surface area contributed by atoms with Crippen molar-refractivity contribution in [1.82, 2.24) is 19.9 Å². The van der Waals surface area contributed by atoms with Crippen LogP contribution >= 0.6 is 11.3 Å². The maximum Gasteiger partial charge on any atom is 0.255 e. The smallest absolute Gasteiger partial charge is 0.255 e. The maximum atomic E-state index is 13.4. The molecule has 1 aromatic carbocycles. The number of amides is 1. The van der Waals surface area contributed by atoms with Crippen molar-refractivity contribution < 1.29 is 4.79 Å². The molecule has 1 aliphatic carbocycles. The normalized spacial score (nSPS) is 21.7. The Kier molecular flexibility index (Phi) is 3.69. The molecule has 27 heavy (non-hydrogen) atoms. The Morgan fingerprint density at radius 2 is 2.19 bits per heavy atom. The molecule has 1 atom stereocenters. The van der Waals surface area contributed by atoms with Gasteiger partial charge < -0.3 is 10.6 Å². The van der Waals surface area contributed by atoms with Crippen molar-refractivity contribution in [2.24, 2.45) is 0 Å². The highest BCUT2D eigenvalue weighted by molar-refractivity contribution is 7.22. The molecular formula is C20H21N5OS. The van der Waals surface area contributed by atoms with E-state index in [4.69, 9.17) is 10.7 Å². The summed E-state index contributed by atoms with van der Waals surface area (Å²) in [5.41, 5.74) is 9.74. The molecule has 3 aromatic rings. The number of carbonyl (C=O) groups excluding carboxylic acids is 1. The van der Waals surface area contributed by atoms with Crippen molar-refractivity contribution in [2.75, 3.05) is 18.8 Å². The Morgan fingerprint density at radius 3 is 3.07 bits per heavy atom. The first kappa shape index (κ1) is 16.6. The number of thiazole rings is 1. The summed E-state index contributed by atoms with van der Waals surface area (Å²) < 4.78 is 0.879. The van der Waals surface area contributed by atoms with Crippen LogP contribution in [0.25, 0.3) is 10.2 Å². The summed E-state index contributed by atoms with van der Waals surface area (Å²) in [6.07, 6.45) is 6.08. The van der Waals surface area contributed by atoms with Gasteiger partial charge >= 0.3 is 0 Å². The van der Waals surface area contributed by atoms with Gasteiger partial charge in [-0.05, 0) is 50.3 Å². The lowest BCUT2D eigenvalue weighted by Gasteiger charge is -2.40. The number of hydrogen-bond donors (Lipinski definition) is 1. The average Bonchev–Trinajstić information content (AvgIpc) is 3.21. The molecule has 138 valence electrons. The van der Waals surface area contributed by atoms with Gasteiger partial charge in [0.25, 0.3) is 5.91 Å². The van der Waals surface area contributed by atoms with Gasteiger partial charge in [-0.15, -0.1) is 0 Å². The Labute approximate surface area is 161 Å². The van der Waals surface area contributed by atoms with Gasteiger partial charge in [0.1, 0.15) is 5.82 Å². The predicted octanol–water partition coefficient (Wildman–Crippen LogP) is 3.10. The van der Waals surface area contributed by atoms with Gasteiger partial charge in [-0.3, -0.25) is 4.79 Å². The number of likely N-dealkylation sites (tertiary alicyclic amines) is 1. The number of piperidine rings is 1. The summed E-state index contributed by atoms with van der Waals surface area (Å²) >= 11 is 1.38. The SMILES string of the molecule is Cc1ncc2c(n1)C1(CCCN(C(=O)c3cccc4nc(N)sc34)C1)CC2. The van der Waals surface area contributed by atoms with E-state index in [0.29, 0.717) is 10.7 Å². The zero-order chi connectivity index (χ0) is 18.6. The monoisotopic (exact) mass is 379 g/mol. The number of benzene rings is 1. The van der Waals surface area contributed by atoms with Crippen LogP contribution in [0.4, 0.5) is 5.13 Å². The fraction of sp³-hybridized carbons (Fsp3) is 0.400. The van der Waals surface area contributed by atoms with Crippen LogP contribution in [0.5, 0.6) is 0 Å². The Hall–Kier alpha value is -2.54. The number of fused-ring (bicyclic) bond motifs is 3. The van der Waals surface area contributed by atoms with E-state index in [1.54, 1.807) is 0 Å². The molecule has 6 nitrogen and oxygen atoms in total. The zero-order valence-electron chi connectivity index (χ0n) is 15.2. The molecule has 0 bridgehead atoms. The van der Waals surface area contributed by atoms with E-state index in [0.717, 1.165) is 60.5 Å².